The molecule has 0 radical (unpaired) electrons. The van der Waals surface area contributed by atoms with Gasteiger partial charge in [-0.2, -0.15) is 0 Å². The van der Waals surface area contributed by atoms with Crippen molar-refractivity contribution in [2.24, 2.45) is 0 Å². The summed E-state index contributed by atoms with van der Waals surface area (Å²) in [5.41, 5.74) is 0.622. The molecule has 0 saturated carbocycles. The minimum absolute atomic E-state index is 0. The average molecular weight is 455 g/mol. The second-order valence-corrected chi connectivity index (χ2v) is 11.3. The first kappa shape index (κ1) is 25.2. The Balaban J connectivity index is 0.00000392. The van der Waals surface area contributed by atoms with Crippen LogP contribution >= 0.6 is 10.8 Å². The van der Waals surface area contributed by atoms with E-state index in [1.807, 2.05) is 0 Å². The summed E-state index contributed by atoms with van der Waals surface area (Å²) in [6.45, 7) is 0.600. The van der Waals surface area contributed by atoms with E-state index in [1.165, 1.54) is 18.4 Å². The van der Waals surface area contributed by atoms with Crippen LogP contribution in [0.1, 0.15) is 6.42 Å². The second kappa shape index (κ2) is 10.8. The maximum Gasteiger partial charge on any atom is 1.00 e. The van der Waals surface area contributed by atoms with Gasteiger partial charge in [-0.15, -0.1) is 0 Å². The number of carbonyl (C=O) groups excluding carboxylic acids is 1. The maximum atomic E-state index is 11.7. The van der Waals surface area contributed by atoms with E-state index in [9.17, 15) is 26.2 Å². The van der Waals surface area contributed by atoms with E-state index in [0.717, 1.165) is 0 Å². The van der Waals surface area contributed by atoms with Crippen molar-refractivity contribution >= 4 is 52.1 Å². The third-order valence-electron chi connectivity index (χ3n) is 3.75. The molecule has 0 aliphatic rings. The maximum absolute atomic E-state index is 11.7. The van der Waals surface area contributed by atoms with Gasteiger partial charge in [0.1, 0.15) is 10.1 Å². The van der Waals surface area contributed by atoms with E-state index in [4.69, 9.17) is 0 Å². The molecule has 28 heavy (non-hydrogen) atoms. The second-order valence-electron chi connectivity index (χ2n) is 5.57. The van der Waals surface area contributed by atoms with E-state index in [2.05, 4.69) is 10.6 Å². The molecule has 0 atom stereocenters. The molecule has 12 heteroatoms. The minimum atomic E-state index is -4.59. The topological polar surface area (TPSA) is 132 Å². The molecule has 0 spiro atoms. The van der Waals surface area contributed by atoms with Crippen LogP contribution in [0.3, 0.4) is 0 Å². The van der Waals surface area contributed by atoms with E-state index in [1.54, 1.807) is 24.3 Å². The van der Waals surface area contributed by atoms with Gasteiger partial charge in [0.2, 0.25) is 14.8 Å². The predicted octanol–water partition coefficient (Wildman–Crippen LogP) is -1.64. The molecular weight excluding hydrogens is 435 g/mol. The number of anilines is 1. The quantitative estimate of drug-likeness (QED) is 0.200. The largest absolute Gasteiger partial charge is 1.00 e. The first-order chi connectivity index (χ1) is 12.6. The minimum Gasteiger partial charge on any atom is -0.744 e. The molecule has 148 valence electrons. The Morgan fingerprint density at radius 2 is 1.68 bits per heavy atom. The Morgan fingerprint density at radius 1 is 1.04 bits per heavy atom. The van der Waals surface area contributed by atoms with E-state index in [0.29, 0.717) is 33.8 Å². The molecule has 1 amide bonds. The summed E-state index contributed by atoms with van der Waals surface area (Å²) in [6.07, 6.45) is 1.34. The number of hydrogen-bond donors (Lipinski definition) is 2. The summed E-state index contributed by atoms with van der Waals surface area (Å²) in [5.74, 6) is -0.587. The first-order valence-electron chi connectivity index (χ1n) is 7.90. The van der Waals surface area contributed by atoms with Crippen molar-refractivity contribution in [3.05, 3.63) is 36.4 Å². The fraction of sp³-hybridized carbons (Fsp3) is 0.312. The monoisotopic (exact) mass is 454 g/mol. The summed E-state index contributed by atoms with van der Waals surface area (Å²) in [5, 5.41) is 6.58. The Morgan fingerprint density at radius 3 is 2.32 bits per heavy atom. The first-order valence-corrected chi connectivity index (χ1v) is 12.7. The van der Waals surface area contributed by atoms with Crippen molar-refractivity contribution in [3.8, 4) is 0 Å². The van der Waals surface area contributed by atoms with Crippen molar-refractivity contribution < 1.29 is 55.7 Å². The van der Waals surface area contributed by atoms with Crippen LogP contribution in [0, 0.1) is 0 Å². The van der Waals surface area contributed by atoms with Crippen LogP contribution in [0.15, 0.2) is 41.3 Å². The smallest absolute Gasteiger partial charge is 0.744 e. The van der Waals surface area contributed by atoms with E-state index < -0.39 is 19.0 Å². The van der Waals surface area contributed by atoms with Crippen molar-refractivity contribution in [2.45, 2.75) is 11.3 Å². The van der Waals surface area contributed by atoms with Crippen LogP contribution in [0.5, 0.6) is 0 Å². The number of amides is 1. The molecule has 0 heterocycles. The van der Waals surface area contributed by atoms with Gasteiger partial charge in [0.25, 0.3) is 0 Å². The van der Waals surface area contributed by atoms with Crippen molar-refractivity contribution in [1.82, 2.24) is 5.32 Å². The summed E-state index contributed by atoms with van der Waals surface area (Å²) in [4.78, 5) is 11.4. The SMILES string of the molecule is CSS(=O)(=O)CCC(=O)NCCNc1cccc2c(S(=O)(=O)[O-])cccc12.[Na+]. The summed E-state index contributed by atoms with van der Waals surface area (Å²) >= 11 is 0. The normalized spacial score (nSPS) is 11.6. The zero-order chi connectivity index (χ0) is 20.1. The molecule has 0 aliphatic carbocycles. The van der Waals surface area contributed by atoms with Gasteiger partial charge in [0.15, 0.2) is 0 Å². The van der Waals surface area contributed by atoms with Gasteiger partial charge in [0.05, 0.1) is 10.6 Å². The summed E-state index contributed by atoms with van der Waals surface area (Å²) < 4.78 is 56.8. The van der Waals surface area contributed by atoms with Gasteiger partial charge in [0, 0.05) is 36.0 Å². The molecule has 0 bridgehead atoms. The molecule has 0 unspecified atom stereocenters. The van der Waals surface area contributed by atoms with Gasteiger partial charge >= 0.3 is 29.6 Å². The number of nitrogens with one attached hydrogen (secondary N) is 2. The Hall–Kier alpha value is -0.820. The van der Waals surface area contributed by atoms with Crippen molar-refractivity contribution in [2.75, 3.05) is 30.4 Å². The number of carbonyl (C=O) groups is 1. The summed E-state index contributed by atoms with van der Waals surface area (Å²) in [6, 6.07) is 9.36. The van der Waals surface area contributed by atoms with Crippen LogP contribution in [-0.2, 0) is 23.8 Å². The van der Waals surface area contributed by atoms with Crippen LogP contribution in [0.4, 0.5) is 5.69 Å². The number of hydrogen-bond acceptors (Lipinski definition) is 8. The third-order valence-corrected chi connectivity index (χ3v) is 7.88. The van der Waals surface area contributed by atoms with Gasteiger partial charge in [-0.3, -0.25) is 4.79 Å². The molecule has 0 saturated heterocycles. The van der Waals surface area contributed by atoms with Gasteiger partial charge in [-0.25, -0.2) is 16.8 Å². The molecule has 2 rings (SSSR count). The van der Waals surface area contributed by atoms with E-state index in [-0.39, 0.29) is 59.1 Å². The van der Waals surface area contributed by atoms with Gasteiger partial charge in [-0.1, -0.05) is 24.3 Å². The zero-order valence-electron chi connectivity index (χ0n) is 15.5. The molecule has 0 aromatic heterocycles. The average Bonchev–Trinajstić information content (AvgIpc) is 2.62. The third kappa shape index (κ3) is 7.21. The molecule has 2 N–H and O–H groups in total. The zero-order valence-corrected chi connectivity index (χ0v) is 19.9. The summed E-state index contributed by atoms with van der Waals surface area (Å²) in [7, 11) is -7.14. The van der Waals surface area contributed by atoms with Crippen LogP contribution in [-0.4, -0.2) is 52.4 Å². The Kier molecular flexibility index (Phi) is 9.74. The predicted molar refractivity (Wildman–Crippen MR) is 105 cm³/mol. The van der Waals surface area contributed by atoms with Crippen LogP contribution in [0.25, 0.3) is 10.8 Å². The Labute approximate surface area is 190 Å². The van der Waals surface area contributed by atoms with Crippen LogP contribution in [0.2, 0.25) is 0 Å². The van der Waals surface area contributed by atoms with Gasteiger partial charge in [-0.05, 0) is 29.2 Å². The molecule has 2 aromatic carbocycles. The number of rotatable bonds is 9. The van der Waals surface area contributed by atoms with Gasteiger partial charge < -0.3 is 15.2 Å². The number of fused-ring (bicyclic) bond motifs is 1. The van der Waals surface area contributed by atoms with Crippen LogP contribution < -0.4 is 40.2 Å². The van der Waals surface area contributed by atoms with Crippen molar-refractivity contribution in [3.63, 3.8) is 0 Å². The molecular formula is C16H19N2NaO6S3. The standard InChI is InChI=1S/C16H20N2O6S3.Na/c1-25-26(20,21)11-8-16(19)18-10-9-17-14-6-2-5-13-12(14)4-3-7-15(13)27(22,23)24;/h2-7,17H,8-11H2,1H3,(H,18,19)(H,22,23,24);/q;+1/p-1. The fourth-order valence-corrected chi connectivity index (χ4v) is 4.49. The van der Waals surface area contributed by atoms with Crippen molar-refractivity contribution in [1.29, 1.82) is 0 Å². The fourth-order valence-electron chi connectivity index (χ4n) is 2.44. The van der Waals surface area contributed by atoms with E-state index >= 15 is 0 Å². The molecule has 2 aromatic rings. The Bertz CT molecular complexity index is 1040. The molecule has 8 nitrogen and oxygen atoms in total. The molecule has 0 fully saturated rings. The number of benzene rings is 2. The molecule has 0 aliphatic heterocycles.